The number of benzene rings is 4. The number of hydrogen-bond donors (Lipinski definition) is 0. The summed E-state index contributed by atoms with van der Waals surface area (Å²) >= 11 is 0. The fourth-order valence-electron chi connectivity index (χ4n) is 4.00. The second kappa shape index (κ2) is 9.62. The van der Waals surface area contributed by atoms with Gasteiger partial charge in [0.1, 0.15) is 0 Å². The normalized spacial score (nSPS) is 12.0. The van der Waals surface area contributed by atoms with E-state index in [0.717, 1.165) is 17.0 Å². The fourth-order valence-corrected chi connectivity index (χ4v) is 4.00. The van der Waals surface area contributed by atoms with Crippen molar-refractivity contribution in [2.75, 3.05) is 0 Å². The summed E-state index contributed by atoms with van der Waals surface area (Å²) in [6, 6.07) is 31.1. The molecule has 1 nitrogen and oxygen atoms in total. The molecule has 1 aliphatic heterocycles. The maximum Gasteiger partial charge on any atom is 4.00 e. The van der Waals surface area contributed by atoms with E-state index >= 15 is 0 Å². The van der Waals surface area contributed by atoms with E-state index < -0.39 is 0 Å². The van der Waals surface area contributed by atoms with Crippen LogP contribution in [0.2, 0.25) is 0 Å². The smallest absolute Gasteiger partial charge is 1.00 e. The van der Waals surface area contributed by atoms with Crippen LogP contribution in [-0.2, 0) is 26.2 Å². The van der Waals surface area contributed by atoms with Gasteiger partial charge in [0.25, 0.3) is 0 Å². The van der Waals surface area contributed by atoms with Gasteiger partial charge in [-0.1, -0.05) is 89.2 Å². The average Bonchev–Trinajstić information content (AvgIpc) is 3.24. The van der Waals surface area contributed by atoms with Gasteiger partial charge in [-0.2, -0.15) is 0 Å². The quantitative estimate of drug-likeness (QED) is 0.240. The van der Waals surface area contributed by atoms with Crippen LogP contribution in [-0.4, -0.2) is 5.71 Å². The van der Waals surface area contributed by atoms with Crippen LogP contribution in [0.15, 0.2) is 83.9 Å². The van der Waals surface area contributed by atoms with Gasteiger partial charge < -0.3 is 42.2 Å². The standard InChI is InChI=1S/C25H14N.3ClH.Zr/c1-2-6-16(7-3-1)18-10-11-19-15-23-21-13-12-17-8-4-5-9-20(17)24(21)26-25(23)22(19)14-18;;;;/h1-12,14-15H;3*1H;/q-1;;;;+4/p-3. The van der Waals surface area contributed by atoms with E-state index in [1.54, 1.807) is 0 Å². The number of allylic oxidation sites excluding steroid dienone is 1. The van der Waals surface area contributed by atoms with Crippen molar-refractivity contribution in [3.63, 3.8) is 0 Å². The molecule has 4 aromatic carbocycles. The Balaban J connectivity index is 0.000000801. The Labute approximate surface area is 213 Å². The van der Waals surface area contributed by atoms with Crippen molar-refractivity contribution in [1.82, 2.24) is 0 Å². The minimum absolute atomic E-state index is 0. The molecule has 0 aromatic heterocycles. The van der Waals surface area contributed by atoms with E-state index in [-0.39, 0.29) is 63.4 Å². The van der Waals surface area contributed by atoms with Crippen LogP contribution >= 0.6 is 0 Å². The number of rotatable bonds is 1. The third-order valence-corrected chi connectivity index (χ3v) is 5.29. The van der Waals surface area contributed by atoms with Crippen molar-refractivity contribution in [2.24, 2.45) is 4.99 Å². The molecule has 0 fully saturated rings. The van der Waals surface area contributed by atoms with E-state index in [2.05, 4.69) is 91.0 Å². The van der Waals surface area contributed by atoms with Gasteiger partial charge in [0.2, 0.25) is 0 Å². The predicted molar refractivity (Wildman–Crippen MR) is 109 cm³/mol. The zero-order chi connectivity index (χ0) is 17.1. The fraction of sp³-hybridized carbons (Fsp3) is 0. The van der Waals surface area contributed by atoms with Crippen LogP contribution in [0.4, 0.5) is 5.69 Å². The van der Waals surface area contributed by atoms with Crippen LogP contribution in [0, 0.1) is 6.07 Å². The molecular weight excluding hydrogens is 512 g/mol. The second-order valence-corrected chi connectivity index (χ2v) is 6.79. The largest absolute Gasteiger partial charge is 4.00 e. The van der Waals surface area contributed by atoms with E-state index in [0.29, 0.717) is 0 Å². The molecule has 6 rings (SSSR count). The molecule has 5 heteroatoms. The Morgan fingerprint density at radius 2 is 1.47 bits per heavy atom. The maximum atomic E-state index is 5.04. The number of fused-ring (bicyclic) bond motifs is 7. The molecule has 0 bridgehead atoms. The molecule has 0 spiro atoms. The van der Waals surface area contributed by atoms with Crippen molar-refractivity contribution in [3.05, 3.63) is 102 Å². The zero-order valence-electron chi connectivity index (χ0n) is 15.7. The van der Waals surface area contributed by atoms with Gasteiger partial charge >= 0.3 is 26.2 Å². The summed E-state index contributed by atoms with van der Waals surface area (Å²) in [6.45, 7) is 0. The Morgan fingerprint density at radius 1 is 0.733 bits per heavy atom. The molecule has 1 heterocycles. The summed E-state index contributed by atoms with van der Waals surface area (Å²) in [5.74, 6) is 0. The molecule has 0 unspecified atom stereocenters. The first-order valence-corrected chi connectivity index (χ1v) is 8.83. The third-order valence-electron chi connectivity index (χ3n) is 5.29. The molecule has 144 valence electrons. The van der Waals surface area contributed by atoms with Crippen molar-refractivity contribution in [2.45, 2.75) is 0 Å². The maximum absolute atomic E-state index is 5.04. The number of halogens is 3. The zero-order valence-corrected chi connectivity index (χ0v) is 20.4. The summed E-state index contributed by atoms with van der Waals surface area (Å²) < 4.78 is 0. The minimum atomic E-state index is 0. The molecule has 0 atom stereocenters. The Bertz CT molecular complexity index is 1280. The van der Waals surface area contributed by atoms with Crippen LogP contribution in [0.3, 0.4) is 0 Å². The van der Waals surface area contributed by atoms with Gasteiger partial charge in [0, 0.05) is 5.71 Å². The number of nitrogens with zero attached hydrogens (tertiary/aromatic N) is 1. The number of aliphatic imine (C=N–C) groups is 1. The molecule has 4 aromatic rings. The van der Waals surface area contributed by atoms with Gasteiger partial charge in [-0.3, -0.25) is 0 Å². The molecular formula is C25H14Cl3NZr. The molecule has 0 radical (unpaired) electrons. The summed E-state index contributed by atoms with van der Waals surface area (Å²) in [5.41, 5.74) is 9.38. The van der Waals surface area contributed by atoms with Crippen LogP contribution in [0.1, 0.15) is 16.7 Å². The summed E-state index contributed by atoms with van der Waals surface area (Å²) in [7, 11) is 0. The van der Waals surface area contributed by atoms with E-state index in [4.69, 9.17) is 4.99 Å². The van der Waals surface area contributed by atoms with E-state index in [1.165, 1.54) is 38.6 Å². The molecule has 2 aliphatic rings. The number of hydrogen-bond acceptors (Lipinski definition) is 1. The van der Waals surface area contributed by atoms with Gasteiger partial charge in [0.05, 0.1) is 0 Å². The Hall–Kier alpha value is -1.70. The van der Waals surface area contributed by atoms with Crippen molar-refractivity contribution in [1.29, 1.82) is 0 Å². The van der Waals surface area contributed by atoms with Crippen LogP contribution < -0.4 is 37.2 Å². The summed E-state index contributed by atoms with van der Waals surface area (Å²) in [6.07, 6.45) is 2.25. The van der Waals surface area contributed by atoms with Crippen molar-refractivity contribution in [3.8, 4) is 11.1 Å². The van der Waals surface area contributed by atoms with Gasteiger partial charge in [0.15, 0.2) is 0 Å². The van der Waals surface area contributed by atoms with Crippen molar-refractivity contribution >= 4 is 33.8 Å². The minimum Gasteiger partial charge on any atom is -1.00 e. The van der Waals surface area contributed by atoms with Gasteiger partial charge in [-0.15, -0.1) is 17.7 Å². The second-order valence-electron chi connectivity index (χ2n) is 6.79. The van der Waals surface area contributed by atoms with E-state index in [9.17, 15) is 0 Å². The molecule has 0 N–H and O–H groups in total. The van der Waals surface area contributed by atoms with Gasteiger partial charge in [-0.05, 0) is 34.0 Å². The van der Waals surface area contributed by atoms with Crippen LogP contribution in [0.5, 0.6) is 0 Å². The Kier molecular flexibility index (Phi) is 7.88. The summed E-state index contributed by atoms with van der Waals surface area (Å²) in [4.78, 5) is 5.04. The average molecular weight is 526 g/mol. The third kappa shape index (κ3) is 3.72. The Morgan fingerprint density at radius 3 is 2.27 bits per heavy atom. The summed E-state index contributed by atoms with van der Waals surface area (Å²) in [5, 5.41) is 2.39. The van der Waals surface area contributed by atoms with Crippen molar-refractivity contribution < 1.29 is 63.4 Å². The first-order valence-electron chi connectivity index (χ1n) is 8.83. The monoisotopic (exact) mass is 523 g/mol. The predicted octanol–water partition coefficient (Wildman–Crippen LogP) is -2.70. The molecule has 0 amide bonds. The van der Waals surface area contributed by atoms with E-state index in [1.807, 2.05) is 0 Å². The first-order chi connectivity index (χ1) is 12.9. The van der Waals surface area contributed by atoms with Crippen LogP contribution in [0.25, 0.3) is 33.5 Å². The SMILES string of the molecule is [Cl-].[Cl-].[Cl-].[Zr+4].[c-]1cc2ccccc2c2c1C1=Cc3ccc(-c4ccccc4)cc3C1=N2. The molecule has 0 saturated heterocycles. The first kappa shape index (κ1) is 24.6. The topological polar surface area (TPSA) is 12.4 Å². The molecule has 30 heavy (non-hydrogen) atoms. The molecule has 1 aliphatic carbocycles. The molecule has 0 saturated carbocycles. The van der Waals surface area contributed by atoms with Gasteiger partial charge in [-0.25, -0.2) is 0 Å².